The smallest absolute Gasteiger partial charge is 0.343 e. The van der Waals surface area contributed by atoms with E-state index in [9.17, 15) is 9.59 Å². The number of rotatable bonds is 5. The number of esters is 1. The number of thioether (sulfide) groups is 1. The lowest BCUT2D eigenvalue weighted by Crippen LogP contribution is -2.27. The van der Waals surface area contributed by atoms with E-state index in [-0.39, 0.29) is 12.5 Å². The molecule has 5 nitrogen and oxygen atoms in total. The van der Waals surface area contributed by atoms with Crippen molar-refractivity contribution in [2.24, 2.45) is 0 Å². The second-order valence-corrected chi connectivity index (χ2v) is 8.87. The molecule has 0 spiro atoms. The summed E-state index contributed by atoms with van der Waals surface area (Å²) in [5, 5.41) is 0. The van der Waals surface area contributed by atoms with Crippen molar-refractivity contribution < 1.29 is 19.1 Å². The van der Waals surface area contributed by atoms with Gasteiger partial charge in [-0.15, -0.1) is 0 Å². The molecule has 0 saturated carbocycles. The number of nitrogens with zero attached hydrogens (tertiary/aromatic N) is 1. The zero-order valence-electron chi connectivity index (χ0n) is 16.0. The molecule has 1 amide bonds. The summed E-state index contributed by atoms with van der Waals surface area (Å²) < 4.78 is 11.1. The van der Waals surface area contributed by atoms with Crippen LogP contribution in [-0.4, -0.2) is 29.9 Å². The van der Waals surface area contributed by atoms with Crippen LogP contribution in [-0.2, 0) is 14.3 Å². The number of carbonyl (C=O) groups excluding carboxylic acids is 2. The quantitative estimate of drug-likeness (QED) is 0.332. The maximum absolute atomic E-state index is 12.9. The maximum atomic E-state index is 12.9. The van der Waals surface area contributed by atoms with Gasteiger partial charge in [0.2, 0.25) is 0 Å². The van der Waals surface area contributed by atoms with Crippen molar-refractivity contribution in [2.45, 2.75) is 13.8 Å². The van der Waals surface area contributed by atoms with E-state index in [0.29, 0.717) is 19.4 Å². The summed E-state index contributed by atoms with van der Waals surface area (Å²) in [4.78, 5) is 26.3. The highest BCUT2D eigenvalue weighted by atomic mass is 79.9. The fraction of sp³-hybridized carbons (Fsp3) is 0.190. The first kappa shape index (κ1) is 21.5. The van der Waals surface area contributed by atoms with Gasteiger partial charge in [0, 0.05) is 0 Å². The molecule has 1 aliphatic rings. The van der Waals surface area contributed by atoms with Gasteiger partial charge < -0.3 is 9.47 Å². The van der Waals surface area contributed by atoms with Crippen LogP contribution in [0.25, 0.3) is 6.08 Å². The van der Waals surface area contributed by atoms with Crippen LogP contribution in [0.3, 0.4) is 0 Å². The Labute approximate surface area is 187 Å². The van der Waals surface area contributed by atoms with E-state index >= 15 is 0 Å². The number of hydrogen-bond donors (Lipinski definition) is 0. The van der Waals surface area contributed by atoms with E-state index < -0.39 is 5.97 Å². The third-order valence-corrected chi connectivity index (χ3v) is 6.29. The second-order valence-electron chi connectivity index (χ2n) is 6.34. The Kier molecular flexibility index (Phi) is 6.77. The molecule has 29 heavy (non-hydrogen) atoms. The van der Waals surface area contributed by atoms with Crippen molar-refractivity contribution in [1.82, 2.24) is 0 Å². The average Bonchev–Trinajstić information content (AvgIpc) is 2.96. The summed E-state index contributed by atoms with van der Waals surface area (Å²) in [5.41, 5.74) is 3.84. The molecular weight excluding hydrogens is 474 g/mol. The molecule has 8 heteroatoms. The fourth-order valence-electron chi connectivity index (χ4n) is 2.63. The number of hydrogen-bond acceptors (Lipinski definition) is 6. The molecule has 0 aliphatic carbocycles. The minimum Gasteiger partial charge on any atom is -0.481 e. The van der Waals surface area contributed by atoms with Gasteiger partial charge in [-0.25, -0.2) is 4.79 Å². The summed E-state index contributed by atoms with van der Waals surface area (Å²) in [7, 11) is 1.30. The lowest BCUT2D eigenvalue weighted by molar-refractivity contribution is -0.142. The van der Waals surface area contributed by atoms with Crippen LogP contribution in [0.5, 0.6) is 5.75 Å². The molecule has 150 valence electrons. The molecule has 1 aliphatic heterocycles. The Hall–Kier alpha value is -2.16. The predicted octanol–water partition coefficient (Wildman–Crippen LogP) is 5.02. The minimum absolute atomic E-state index is 0.148. The second kappa shape index (κ2) is 9.11. The molecule has 0 radical (unpaired) electrons. The molecule has 1 heterocycles. The van der Waals surface area contributed by atoms with Gasteiger partial charge in [-0.3, -0.25) is 9.69 Å². The van der Waals surface area contributed by atoms with Gasteiger partial charge >= 0.3 is 5.97 Å². The molecule has 2 aromatic rings. The first-order chi connectivity index (χ1) is 13.8. The molecule has 2 aromatic carbocycles. The number of anilines is 1. The molecular formula is C21H18BrNO4S2. The predicted molar refractivity (Wildman–Crippen MR) is 123 cm³/mol. The van der Waals surface area contributed by atoms with Gasteiger partial charge in [-0.2, -0.15) is 0 Å². The summed E-state index contributed by atoms with van der Waals surface area (Å²) in [6, 6.07) is 11.2. The third kappa shape index (κ3) is 4.88. The standard InChI is InChI=1S/C21H18BrNO4S2/c1-12-4-6-15(8-13(12)2)23-20(25)18(29-21(23)28)10-14-5-7-17(16(22)9-14)27-11-19(24)26-3/h4-10H,11H2,1-3H3/b18-10+. The van der Waals surface area contributed by atoms with Crippen molar-refractivity contribution in [1.29, 1.82) is 0 Å². The highest BCUT2D eigenvalue weighted by molar-refractivity contribution is 9.10. The van der Waals surface area contributed by atoms with Gasteiger partial charge in [0.25, 0.3) is 5.91 Å². The van der Waals surface area contributed by atoms with Crippen molar-refractivity contribution in [2.75, 3.05) is 18.6 Å². The van der Waals surface area contributed by atoms with Gasteiger partial charge in [0.15, 0.2) is 10.9 Å². The van der Waals surface area contributed by atoms with Gasteiger partial charge in [0.1, 0.15) is 5.75 Å². The molecule has 0 N–H and O–H groups in total. The third-order valence-electron chi connectivity index (χ3n) is 4.37. The van der Waals surface area contributed by atoms with Gasteiger partial charge in [0.05, 0.1) is 22.2 Å². The molecule has 0 bridgehead atoms. The molecule has 3 rings (SSSR count). The van der Waals surface area contributed by atoms with Crippen LogP contribution in [0.4, 0.5) is 5.69 Å². The zero-order valence-corrected chi connectivity index (χ0v) is 19.2. The van der Waals surface area contributed by atoms with E-state index in [1.165, 1.54) is 18.9 Å². The Morgan fingerprint density at radius 3 is 2.62 bits per heavy atom. The van der Waals surface area contributed by atoms with Gasteiger partial charge in [-0.05, 0) is 76.8 Å². The Morgan fingerprint density at radius 2 is 1.97 bits per heavy atom. The van der Waals surface area contributed by atoms with E-state index in [4.69, 9.17) is 17.0 Å². The van der Waals surface area contributed by atoms with E-state index in [1.54, 1.807) is 23.1 Å². The lowest BCUT2D eigenvalue weighted by Gasteiger charge is -2.15. The summed E-state index contributed by atoms with van der Waals surface area (Å²) in [6.45, 7) is 3.86. The van der Waals surface area contributed by atoms with Crippen molar-refractivity contribution in [3.8, 4) is 5.75 Å². The molecule has 0 aromatic heterocycles. The van der Waals surface area contributed by atoms with E-state index in [0.717, 1.165) is 22.4 Å². The Morgan fingerprint density at radius 1 is 1.21 bits per heavy atom. The molecule has 1 fully saturated rings. The van der Waals surface area contributed by atoms with Crippen LogP contribution < -0.4 is 9.64 Å². The normalized spacial score (nSPS) is 15.2. The van der Waals surface area contributed by atoms with Crippen molar-refractivity contribution in [3.63, 3.8) is 0 Å². The molecule has 0 unspecified atom stereocenters. The number of aryl methyl sites for hydroxylation is 2. The van der Waals surface area contributed by atoms with Crippen LogP contribution >= 0.6 is 39.9 Å². The van der Waals surface area contributed by atoms with Crippen molar-refractivity contribution in [3.05, 3.63) is 62.5 Å². The van der Waals surface area contributed by atoms with Crippen LogP contribution in [0.15, 0.2) is 45.8 Å². The van der Waals surface area contributed by atoms with Crippen LogP contribution in [0.2, 0.25) is 0 Å². The minimum atomic E-state index is -0.462. The zero-order chi connectivity index (χ0) is 21.1. The topological polar surface area (TPSA) is 55.8 Å². The number of benzene rings is 2. The Bertz CT molecular complexity index is 1040. The summed E-state index contributed by atoms with van der Waals surface area (Å²) in [6.07, 6.45) is 1.79. The molecule has 0 atom stereocenters. The average molecular weight is 492 g/mol. The number of halogens is 1. The largest absolute Gasteiger partial charge is 0.481 e. The highest BCUT2D eigenvalue weighted by Crippen LogP contribution is 2.37. The Balaban J connectivity index is 1.81. The number of carbonyl (C=O) groups is 2. The van der Waals surface area contributed by atoms with E-state index in [2.05, 4.69) is 20.7 Å². The summed E-state index contributed by atoms with van der Waals surface area (Å²) in [5.74, 6) is -0.100. The van der Waals surface area contributed by atoms with Crippen molar-refractivity contribution >= 4 is 67.9 Å². The van der Waals surface area contributed by atoms with Gasteiger partial charge in [-0.1, -0.05) is 36.1 Å². The monoisotopic (exact) mass is 491 g/mol. The number of methoxy groups -OCH3 is 1. The maximum Gasteiger partial charge on any atom is 0.343 e. The molecule has 1 saturated heterocycles. The number of ether oxygens (including phenoxy) is 2. The van der Waals surface area contributed by atoms with Crippen LogP contribution in [0.1, 0.15) is 16.7 Å². The first-order valence-electron chi connectivity index (χ1n) is 8.64. The fourth-order valence-corrected chi connectivity index (χ4v) is 4.44. The lowest BCUT2D eigenvalue weighted by atomic mass is 10.1. The highest BCUT2D eigenvalue weighted by Gasteiger charge is 2.33. The number of thiocarbonyl (C=S) groups is 1. The SMILES string of the molecule is COC(=O)COc1ccc(/C=C2/SC(=S)N(c3ccc(C)c(C)c3)C2=O)cc1Br. The van der Waals surface area contributed by atoms with E-state index in [1.807, 2.05) is 38.1 Å². The first-order valence-corrected chi connectivity index (χ1v) is 10.7. The van der Waals surface area contributed by atoms with Crippen LogP contribution in [0, 0.1) is 13.8 Å². The summed E-state index contributed by atoms with van der Waals surface area (Å²) >= 11 is 10.1. The number of amides is 1.